The second-order valence-electron chi connectivity index (χ2n) is 8.57. The summed E-state index contributed by atoms with van der Waals surface area (Å²) in [4.78, 5) is 16.3. The normalized spacial score (nSPS) is 11.7. The van der Waals surface area contributed by atoms with Crippen molar-refractivity contribution >= 4 is 27.3 Å². The highest BCUT2D eigenvalue weighted by Gasteiger charge is 2.22. The smallest absolute Gasteiger partial charge is 0.261 e. The monoisotopic (exact) mass is 477 g/mol. The molecule has 0 saturated heterocycles. The Morgan fingerprint density at radius 2 is 1.56 bits per heavy atom. The summed E-state index contributed by atoms with van der Waals surface area (Å²) in [7, 11) is -3.93. The Morgan fingerprint density at radius 3 is 2.26 bits per heavy atom. The molecule has 0 aliphatic rings. The van der Waals surface area contributed by atoms with Crippen molar-refractivity contribution in [3.63, 3.8) is 0 Å². The molecule has 174 valence electrons. The van der Waals surface area contributed by atoms with Crippen LogP contribution in [0.25, 0.3) is 22.9 Å². The summed E-state index contributed by atoms with van der Waals surface area (Å²) in [6, 6.07) is 16.2. The molecular weight excluding hydrogens is 454 g/mol. The Hall–Kier alpha value is -4.05. The van der Waals surface area contributed by atoms with Crippen molar-refractivity contribution < 1.29 is 17.6 Å². The fourth-order valence-electron chi connectivity index (χ4n) is 2.94. The molecule has 2 aromatic carbocycles. The lowest BCUT2D eigenvalue weighted by molar-refractivity contribution is -0.123. The molecule has 2 N–H and O–H groups in total. The molecule has 0 aliphatic carbocycles. The van der Waals surface area contributed by atoms with Gasteiger partial charge in [-0.05, 0) is 48.5 Å². The second kappa shape index (κ2) is 9.06. The summed E-state index contributed by atoms with van der Waals surface area (Å²) in [6.07, 6.45) is 3.23. The third-order valence-electron chi connectivity index (χ3n) is 4.78. The average molecular weight is 478 g/mol. The first-order valence-corrected chi connectivity index (χ1v) is 11.9. The summed E-state index contributed by atoms with van der Waals surface area (Å²) in [6.45, 7) is 5.39. The first kappa shape index (κ1) is 23.1. The van der Waals surface area contributed by atoms with Crippen LogP contribution in [0, 0.1) is 5.41 Å². The zero-order valence-corrected chi connectivity index (χ0v) is 19.6. The molecule has 0 atom stereocenters. The molecule has 2 heterocycles. The van der Waals surface area contributed by atoms with Crippen molar-refractivity contribution in [1.82, 2.24) is 15.2 Å². The predicted octanol–water partition coefficient (Wildman–Crippen LogP) is 4.58. The van der Waals surface area contributed by atoms with E-state index in [4.69, 9.17) is 4.42 Å². The van der Waals surface area contributed by atoms with Crippen LogP contribution in [0.2, 0.25) is 0 Å². The van der Waals surface area contributed by atoms with Gasteiger partial charge in [0, 0.05) is 29.1 Å². The van der Waals surface area contributed by atoms with E-state index < -0.39 is 15.4 Å². The zero-order valence-electron chi connectivity index (χ0n) is 18.8. The fraction of sp³-hybridized carbons (Fsp3) is 0.167. The van der Waals surface area contributed by atoms with E-state index in [2.05, 4.69) is 25.2 Å². The SMILES string of the molecule is CC(C)(C)C(=O)Nc1cccc(NS(=O)(=O)c2cccc(-c3nnc(-c4cccnc4)o3)c2)c1. The van der Waals surface area contributed by atoms with Crippen LogP contribution in [-0.4, -0.2) is 29.5 Å². The van der Waals surface area contributed by atoms with Crippen LogP contribution in [0.4, 0.5) is 11.4 Å². The van der Waals surface area contributed by atoms with Gasteiger partial charge in [-0.2, -0.15) is 0 Å². The summed E-state index contributed by atoms with van der Waals surface area (Å²) < 4.78 is 34.3. The van der Waals surface area contributed by atoms with Crippen LogP contribution in [-0.2, 0) is 14.8 Å². The summed E-state index contributed by atoms with van der Waals surface area (Å²) >= 11 is 0. The van der Waals surface area contributed by atoms with E-state index in [9.17, 15) is 13.2 Å². The lowest BCUT2D eigenvalue weighted by Gasteiger charge is -2.18. The largest absolute Gasteiger partial charge is 0.416 e. The fourth-order valence-corrected chi connectivity index (χ4v) is 4.03. The highest BCUT2D eigenvalue weighted by molar-refractivity contribution is 7.92. The number of nitrogens with one attached hydrogen (secondary N) is 2. The van der Waals surface area contributed by atoms with E-state index in [-0.39, 0.29) is 22.6 Å². The molecule has 9 nitrogen and oxygen atoms in total. The third kappa shape index (κ3) is 5.29. The highest BCUT2D eigenvalue weighted by atomic mass is 32.2. The number of nitrogens with zero attached hydrogens (tertiary/aromatic N) is 3. The van der Waals surface area contributed by atoms with E-state index in [1.807, 2.05) is 0 Å². The van der Waals surface area contributed by atoms with Gasteiger partial charge in [-0.3, -0.25) is 14.5 Å². The van der Waals surface area contributed by atoms with Crippen molar-refractivity contribution in [3.8, 4) is 22.9 Å². The Labute approximate surface area is 197 Å². The number of amides is 1. The highest BCUT2D eigenvalue weighted by Crippen LogP contribution is 2.27. The van der Waals surface area contributed by atoms with Gasteiger partial charge in [0.1, 0.15) is 0 Å². The van der Waals surface area contributed by atoms with Crippen LogP contribution in [0.3, 0.4) is 0 Å². The minimum atomic E-state index is -3.93. The molecule has 34 heavy (non-hydrogen) atoms. The van der Waals surface area contributed by atoms with Gasteiger partial charge >= 0.3 is 0 Å². The van der Waals surface area contributed by atoms with Crippen LogP contribution >= 0.6 is 0 Å². The molecule has 10 heteroatoms. The maximum atomic E-state index is 13.0. The number of carbonyl (C=O) groups is 1. The number of benzene rings is 2. The first-order valence-electron chi connectivity index (χ1n) is 10.4. The van der Waals surface area contributed by atoms with Crippen LogP contribution in [0.15, 0.2) is 82.4 Å². The third-order valence-corrected chi connectivity index (χ3v) is 6.16. The molecule has 4 aromatic rings. The Kier molecular flexibility index (Phi) is 6.16. The lowest BCUT2D eigenvalue weighted by atomic mass is 9.95. The van der Waals surface area contributed by atoms with Crippen molar-refractivity contribution in [2.24, 2.45) is 5.41 Å². The van der Waals surface area contributed by atoms with Gasteiger partial charge in [0.05, 0.1) is 16.1 Å². The van der Waals surface area contributed by atoms with E-state index in [1.54, 1.807) is 81.7 Å². The maximum Gasteiger partial charge on any atom is 0.261 e. The number of rotatable bonds is 6. The quantitative estimate of drug-likeness (QED) is 0.416. The van der Waals surface area contributed by atoms with Crippen molar-refractivity contribution in [3.05, 3.63) is 73.1 Å². The number of carbonyl (C=O) groups excluding carboxylic acids is 1. The number of pyridine rings is 1. The molecule has 1 amide bonds. The maximum absolute atomic E-state index is 13.0. The van der Waals surface area contributed by atoms with E-state index in [1.165, 1.54) is 12.1 Å². The second-order valence-corrected chi connectivity index (χ2v) is 10.3. The van der Waals surface area contributed by atoms with Crippen molar-refractivity contribution in [2.45, 2.75) is 25.7 Å². The van der Waals surface area contributed by atoms with Gasteiger partial charge in [0.25, 0.3) is 10.0 Å². The number of sulfonamides is 1. The van der Waals surface area contributed by atoms with E-state index in [0.29, 0.717) is 22.5 Å². The number of aromatic nitrogens is 3. The predicted molar refractivity (Wildman–Crippen MR) is 128 cm³/mol. The van der Waals surface area contributed by atoms with Gasteiger partial charge in [-0.15, -0.1) is 10.2 Å². The van der Waals surface area contributed by atoms with Gasteiger partial charge < -0.3 is 9.73 Å². The van der Waals surface area contributed by atoms with Gasteiger partial charge in [0.2, 0.25) is 17.7 Å². The first-order chi connectivity index (χ1) is 16.1. The Bertz CT molecular complexity index is 1430. The number of anilines is 2. The molecule has 4 rings (SSSR count). The van der Waals surface area contributed by atoms with Gasteiger partial charge in [0.15, 0.2) is 0 Å². The number of hydrogen-bond donors (Lipinski definition) is 2. The summed E-state index contributed by atoms with van der Waals surface area (Å²) in [5.74, 6) is 0.289. The van der Waals surface area contributed by atoms with E-state index >= 15 is 0 Å². The standard InChI is InChI=1S/C24H23N5O4S/c1-24(2,3)23(30)26-18-9-5-10-19(14-18)29-34(31,32)20-11-4-7-16(13-20)21-27-28-22(33-21)17-8-6-12-25-15-17/h4-15,29H,1-3H3,(H,26,30). The Morgan fingerprint density at radius 1 is 0.882 bits per heavy atom. The molecule has 0 radical (unpaired) electrons. The van der Waals surface area contributed by atoms with E-state index in [0.717, 1.165) is 0 Å². The molecule has 0 aliphatic heterocycles. The van der Waals surface area contributed by atoms with Crippen molar-refractivity contribution in [2.75, 3.05) is 10.0 Å². The molecule has 0 fully saturated rings. The lowest BCUT2D eigenvalue weighted by Crippen LogP contribution is -2.27. The molecular formula is C24H23N5O4S. The van der Waals surface area contributed by atoms with Crippen molar-refractivity contribution in [1.29, 1.82) is 0 Å². The van der Waals surface area contributed by atoms with Crippen LogP contribution in [0.5, 0.6) is 0 Å². The molecule has 0 bridgehead atoms. The van der Waals surface area contributed by atoms with Gasteiger partial charge in [-0.25, -0.2) is 8.42 Å². The number of hydrogen-bond acceptors (Lipinski definition) is 7. The van der Waals surface area contributed by atoms with Crippen LogP contribution < -0.4 is 10.0 Å². The molecule has 0 unspecified atom stereocenters. The van der Waals surface area contributed by atoms with Gasteiger partial charge in [-0.1, -0.05) is 32.9 Å². The minimum absolute atomic E-state index is 0.0234. The average Bonchev–Trinajstić information content (AvgIpc) is 3.30. The zero-order chi connectivity index (χ0) is 24.3. The molecule has 0 spiro atoms. The Balaban J connectivity index is 1.55. The summed E-state index contributed by atoms with van der Waals surface area (Å²) in [5.41, 5.74) is 1.33. The summed E-state index contributed by atoms with van der Waals surface area (Å²) in [5, 5.41) is 10.8. The minimum Gasteiger partial charge on any atom is -0.416 e. The van der Waals surface area contributed by atoms with Crippen LogP contribution in [0.1, 0.15) is 20.8 Å². The molecule has 2 aromatic heterocycles. The molecule has 0 saturated carbocycles. The topological polar surface area (TPSA) is 127 Å².